The molecule has 2 aromatic rings. The molecule has 4 fully saturated rings. The minimum absolute atomic E-state index is 0.00919. The molecular weight excluding hydrogens is 510 g/mol. The van der Waals surface area contributed by atoms with Crippen LogP contribution >= 0.6 is 0 Å². The smallest absolute Gasteiger partial charge is 0.318 e. The standard InChI is InChI=1S/C32H39NO5S/c1-5-26-28(25-17-18-31(4,33(25)38-26)22-12-8-6-9-13-22)29(34)37-27-20-23-16-19-32(27,30(23,2)3)21-39(35,36)24-14-10-7-11-15-24/h5-15,23,25,27-28H,16-21H2,1-4H3/b26-5-/t23-,25+,27-,28+,31+,32-/m1/s1. The third kappa shape index (κ3) is 3.91. The van der Waals surface area contributed by atoms with Crippen LogP contribution in [0.15, 0.2) is 77.4 Å². The zero-order chi connectivity index (χ0) is 27.6. The zero-order valence-electron chi connectivity index (χ0n) is 23.3. The number of carbonyl (C=O) groups excluding carboxylic acids is 1. The van der Waals surface area contributed by atoms with E-state index in [2.05, 4.69) is 32.9 Å². The van der Waals surface area contributed by atoms with Gasteiger partial charge in [0.2, 0.25) is 0 Å². The van der Waals surface area contributed by atoms with Crippen molar-refractivity contribution in [3.8, 4) is 0 Å². The van der Waals surface area contributed by atoms with Gasteiger partial charge in [-0.3, -0.25) is 4.79 Å². The number of carbonyl (C=O) groups is 1. The Morgan fingerprint density at radius 1 is 1.03 bits per heavy atom. The Morgan fingerprint density at radius 3 is 2.33 bits per heavy atom. The van der Waals surface area contributed by atoms with Gasteiger partial charge < -0.3 is 9.57 Å². The Labute approximate surface area is 232 Å². The van der Waals surface area contributed by atoms with E-state index in [9.17, 15) is 13.2 Å². The molecule has 4 aliphatic rings. The van der Waals surface area contributed by atoms with Crippen molar-refractivity contribution in [2.45, 2.75) is 82.4 Å². The van der Waals surface area contributed by atoms with Crippen molar-refractivity contribution in [1.29, 1.82) is 0 Å². The topological polar surface area (TPSA) is 72.9 Å². The van der Waals surface area contributed by atoms with E-state index in [4.69, 9.17) is 9.57 Å². The Balaban J connectivity index is 1.28. The molecule has 0 unspecified atom stereocenters. The molecule has 2 aromatic carbocycles. The summed E-state index contributed by atoms with van der Waals surface area (Å²) in [6.07, 6.45) is 5.53. The number of hydrogen-bond acceptors (Lipinski definition) is 6. The fourth-order valence-corrected chi connectivity index (χ4v) is 10.3. The third-order valence-electron chi connectivity index (χ3n) is 10.7. The van der Waals surface area contributed by atoms with E-state index in [1.54, 1.807) is 24.3 Å². The van der Waals surface area contributed by atoms with E-state index in [0.717, 1.165) is 31.2 Å². The Morgan fingerprint density at radius 2 is 1.69 bits per heavy atom. The molecule has 2 bridgehead atoms. The molecule has 0 aromatic heterocycles. The number of rotatable bonds is 6. The monoisotopic (exact) mass is 549 g/mol. The number of hydroxylamine groups is 2. The Kier molecular flexibility index (Phi) is 6.27. The summed E-state index contributed by atoms with van der Waals surface area (Å²) in [4.78, 5) is 20.7. The lowest BCUT2D eigenvalue weighted by molar-refractivity contribution is -0.164. The lowest BCUT2D eigenvalue weighted by Gasteiger charge is -2.41. The van der Waals surface area contributed by atoms with Crippen LogP contribution in [0.1, 0.15) is 65.4 Å². The molecule has 0 amide bonds. The molecule has 2 saturated carbocycles. The molecule has 6 nitrogen and oxygen atoms in total. The summed E-state index contributed by atoms with van der Waals surface area (Å²) < 4.78 is 33.7. The van der Waals surface area contributed by atoms with Gasteiger partial charge in [0.05, 0.1) is 22.2 Å². The van der Waals surface area contributed by atoms with Crippen molar-refractivity contribution in [2.75, 3.05) is 5.75 Å². The number of benzene rings is 2. The first-order valence-corrected chi connectivity index (χ1v) is 15.9. The number of ether oxygens (including phenoxy) is 1. The van der Waals surface area contributed by atoms with E-state index in [1.165, 1.54) is 0 Å². The van der Waals surface area contributed by atoms with Crippen molar-refractivity contribution < 1.29 is 22.8 Å². The molecular formula is C32H39NO5S. The fourth-order valence-electron chi connectivity index (χ4n) is 8.20. The predicted octanol–water partition coefficient (Wildman–Crippen LogP) is 6.04. The molecule has 6 rings (SSSR count). The predicted molar refractivity (Wildman–Crippen MR) is 149 cm³/mol. The maximum absolute atomic E-state index is 14.0. The molecule has 2 aliphatic carbocycles. The van der Waals surface area contributed by atoms with Crippen LogP contribution in [0.25, 0.3) is 0 Å². The van der Waals surface area contributed by atoms with Gasteiger partial charge in [-0.2, -0.15) is 0 Å². The highest BCUT2D eigenvalue weighted by atomic mass is 32.2. The van der Waals surface area contributed by atoms with E-state index in [-0.39, 0.29) is 28.7 Å². The lowest BCUT2D eigenvalue weighted by Crippen LogP contribution is -2.47. The van der Waals surface area contributed by atoms with E-state index >= 15 is 0 Å². The first-order chi connectivity index (χ1) is 18.5. The highest BCUT2D eigenvalue weighted by molar-refractivity contribution is 7.91. The van der Waals surface area contributed by atoms with Crippen LogP contribution in [-0.4, -0.2) is 37.3 Å². The van der Waals surface area contributed by atoms with Gasteiger partial charge in [-0.15, -0.1) is 5.06 Å². The Hall–Kier alpha value is -2.64. The molecule has 0 radical (unpaired) electrons. The molecule has 6 atom stereocenters. The maximum atomic E-state index is 14.0. The summed E-state index contributed by atoms with van der Waals surface area (Å²) in [6, 6.07) is 18.8. The van der Waals surface area contributed by atoms with E-state index < -0.39 is 27.3 Å². The minimum Gasteiger partial charge on any atom is -0.461 e. The average Bonchev–Trinajstić information content (AvgIpc) is 3.59. The first kappa shape index (κ1) is 26.6. The highest BCUT2D eigenvalue weighted by Crippen LogP contribution is 2.67. The van der Waals surface area contributed by atoms with Gasteiger partial charge >= 0.3 is 5.97 Å². The summed E-state index contributed by atoms with van der Waals surface area (Å²) in [5, 5.41) is 2.00. The Bertz CT molecular complexity index is 1390. The van der Waals surface area contributed by atoms with Crippen LogP contribution in [0.4, 0.5) is 0 Å². The zero-order valence-corrected chi connectivity index (χ0v) is 24.1. The van der Waals surface area contributed by atoms with Crippen LogP contribution in [0.3, 0.4) is 0 Å². The van der Waals surface area contributed by atoms with Crippen molar-refractivity contribution in [3.63, 3.8) is 0 Å². The summed E-state index contributed by atoms with van der Waals surface area (Å²) in [7, 11) is -3.56. The lowest BCUT2D eigenvalue weighted by atomic mass is 9.69. The van der Waals surface area contributed by atoms with Crippen molar-refractivity contribution >= 4 is 15.8 Å². The van der Waals surface area contributed by atoms with Gasteiger partial charge in [0, 0.05) is 5.41 Å². The van der Waals surface area contributed by atoms with Crippen LogP contribution < -0.4 is 0 Å². The number of nitrogens with zero attached hydrogens (tertiary/aromatic N) is 1. The number of sulfone groups is 1. The van der Waals surface area contributed by atoms with E-state index in [0.29, 0.717) is 23.0 Å². The largest absolute Gasteiger partial charge is 0.461 e. The van der Waals surface area contributed by atoms with Gasteiger partial charge in [0.15, 0.2) is 9.84 Å². The average molecular weight is 550 g/mol. The van der Waals surface area contributed by atoms with Gasteiger partial charge in [-0.05, 0) is 81.1 Å². The van der Waals surface area contributed by atoms with Gasteiger partial charge in [0.25, 0.3) is 0 Å². The quantitative estimate of drug-likeness (QED) is 0.409. The van der Waals surface area contributed by atoms with Crippen LogP contribution in [0.5, 0.6) is 0 Å². The molecule has 2 saturated heterocycles. The number of esters is 1. The summed E-state index contributed by atoms with van der Waals surface area (Å²) in [6.45, 7) is 8.40. The van der Waals surface area contributed by atoms with Gasteiger partial charge in [-0.25, -0.2) is 8.42 Å². The van der Waals surface area contributed by atoms with Crippen molar-refractivity contribution in [1.82, 2.24) is 5.06 Å². The SMILES string of the molecule is C/C=C1\ON2[C@@H](CC[C@@]2(C)c2ccccc2)[C@@H]1C(=O)O[C@@H]1C[C@H]2CC[C@]1(CS(=O)(=O)c1ccccc1)C2(C)C. The molecule has 208 valence electrons. The fraction of sp³-hybridized carbons (Fsp3) is 0.531. The number of fused-ring (bicyclic) bond motifs is 3. The second-order valence-corrected chi connectivity index (χ2v) is 14.7. The third-order valence-corrected chi connectivity index (χ3v) is 12.6. The summed E-state index contributed by atoms with van der Waals surface area (Å²) >= 11 is 0. The van der Waals surface area contributed by atoms with Crippen molar-refractivity contribution in [3.05, 3.63) is 78.1 Å². The summed E-state index contributed by atoms with van der Waals surface area (Å²) in [5.41, 5.74) is -0.0438. The minimum atomic E-state index is -3.56. The van der Waals surface area contributed by atoms with E-state index in [1.807, 2.05) is 42.3 Å². The molecule has 2 aliphatic heterocycles. The second kappa shape index (κ2) is 9.20. The number of hydrogen-bond donors (Lipinski definition) is 0. The van der Waals surface area contributed by atoms with Gasteiger partial charge in [0.1, 0.15) is 17.8 Å². The molecule has 7 heteroatoms. The van der Waals surface area contributed by atoms with Crippen LogP contribution in [0.2, 0.25) is 0 Å². The normalized spacial score (nSPS) is 36.2. The van der Waals surface area contributed by atoms with Crippen LogP contribution in [-0.2, 0) is 29.7 Å². The molecule has 39 heavy (non-hydrogen) atoms. The molecule has 0 spiro atoms. The number of allylic oxidation sites excluding steroid dienone is 1. The highest BCUT2D eigenvalue weighted by Gasteiger charge is 2.67. The van der Waals surface area contributed by atoms with Crippen molar-refractivity contribution in [2.24, 2.45) is 22.7 Å². The summed E-state index contributed by atoms with van der Waals surface area (Å²) in [5.74, 6) is 0.125. The first-order valence-electron chi connectivity index (χ1n) is 14.2. The second-order valence-electron chi connectivity index (χ2n) is 12.7. The van der Waals surface area contributed by atoms with Gasteiger partial charge in [-0.1, -0.05) is 62.4 Å². The maximum Gasteiger partial charge on any atom is 0.318 e. The van der Waals surface area contributed by atoms with Crippen LogP contribution in [0, 0.1) is 22.7 Å². The molecule has 2 heterocycles. The molecule has 0 N–H and O–H groups in total.